The summed E-state index contributed by atoms with van der Waals surface area (Å²) in [5.41, 5.74) is 3.88. The maximum Gasteiger partial charge on any atom is 0.231 e. The highest BCUT2D eigenvalue weighted by molar-refractivity contribution is 9.10. The van der Waals surface area contributed by atoms with Crippen molar-refractivity contribution in [3.63, 3.8) is 0 Å². The van der Waals surface area contributed by atoms with E-state index in [2.05, 4.69) is 40.2 Å². The Hall–Kier alpha value is -1.19. The molecule has 0 radical (unpaired) electrons. The molecule has 3 aliphatic rings. The van der Waals surface area contributed by atoms with Crippen molar-refractivity contribution >= 4 is 27.5 Å². The second kappa shape index (κ2) is 5.78. The van der Waals surface area contributed by atoms with E-state index in [0.717, 1.165) is 28.8 Å². The predicted molar refractivity (Wildman–Crippen MR) is 91.6 cm³/mol. The molecule has 4 rings (SSSR count). The summed E-state index contributed by atoms with van der Waals surface area (Å²) in [5.74, 6) is 2.18. The average Bonchev–Trinajstić information content (AvgIpc) is 3.26. The Balaban J connectivity index is 1.62. The molecule has 1 saturated carbocycles. The van der Waals surface area contributed by atoms with E-state index < -0.39 is 0 Å². The first kappa shape index (κ1) is 14.4. The van der Waals surface area contributed by atoms with Crippen molar-refractivity contribution in [2.45, 2.75) is 25.7 Å². The Morgan fingerprint density at radius 3 is 2.82 bits per heavy atom. The summed E-state index contributed by atoms with van der Waals surface area (Å²) >= 11 is 10.0. The van der Waals surface area contributed by atoms with Crippen LogP contribution < -0.4 is 9.47 Å². The quantitative estimate of drug-likeness (QED) is 0.681. The highest BCUT2D eigenvalue weighted by Gasteiger charge is 2.25. The Morgan fingerprint density at radius 1 is 1.18 bits per heavy atom. The number of ether oxygens (including phenoxy) is 2. The van der Waals surface area contributed by atoms with E-state index in [9.17, 15) is 0 Å². The summed E-state index contributed by atoms with van der Waals surface area (Å²) in [6, 6.07) is 2.03. The summed E-state index contributed by atoms with van der Waals surface area (Å²) < 4.78 is 11.8. The third-order valence-corrected chi connectivity index (χ3v) is 5.31. The fourth-order valence-electron chi connectivity index (χ4n) is 2.95. The molecule has 0 N–H and O–H groups in total. The summed E-state index contributed by atoms with van der Waals surface area (Å²) in [5, 5.41) is 0.653. The first-order valence-corrected chi connectivity index (χ1v) is 8.72. The van der Waals surface area contributed by atoms with Gasteiger partial charge in [-0.15, -0.1) is 0 Å². The number of benzene rings is 1. The normalized spacial score (nSPS) is 19.7. The minimum Gasteiger partial charge on any atom is -0.452 e. The molecule has 1 aliphatic heterocycles. The van der Waals surface area contributed by atoms with Gasteiger partial charge < -0.3 is 9.47 Å². The molecule has 4 heteroatoms. The van der Waals surface area contributed by atoms with Gasteiger partial charge in [-0.1, -0.05) is 41.5 Å². The number of allylic oxidation sites excluding steroid dienone is 6. The lowest BCUT2D eigenvalue weighted by molar-refractivity contribution is 0.173. The Labute approximate surface area is 143 Å². The monoisotopic (exact) mass is 378 g/mol. The molecule has 2 aliphatic carbocycles. The summed E-state index contributed by atoms with van der Waals surface area (Å²) in [7, 11) is 0. The molecule has 1 aromatic carbocycles. The lowest BCUT2D eigenvalue weighted by Crippen LogP contribution is -1.93. The number of hydrogen-bond acceptors (Lipinski definition) is 2. The first-order chi connectivity index (χ1) is 10.7. The molecular weight excluding hydrogens is 364 g/mol. The van der Waals surface area contributed by atoms with Crippen LogP contribution in [0.15, 0.2) is 46.0 Å². The molecule has 2 nitrogen and oxygen atoms in total. The van der Waals surface area contributed by atoms with Crippen molar-refractivity contribution in [1.82, 2.24) is 0 Å². The van der Waals surface area contributed by atoms with E-state index in [1.807, 2.05) is 6.07 Å². The first-order valence-electron chi connectivity index (χ1n) is 7.55. The van der Waals surface area contributed by atoms with Gasteiger partial charge >= 0.3 is 0 Å². The Morgan fingerprint density at radius 2 is 2.00 bits per heavy atom. The molecule has 0 aromatic heterocycles. The van der Waals surface area contributed by atoms with Gasteiger partial charge in [-0.2, -0.15) is 0 Å². The van der Waals surface area contributed by atoms with Crippen LogP contribution in [0.1, 0.15) is 24.8 Å². The Bertz CT molecular complexity index is 714. The maximum atomic E-state index is 6.48. The third-order valence-electron chi connectivity index (χ3n) is 4.31. The van der Waals surface area contributed by atoms with Crippen LogP contribution in [0, 0.1) is 5.92 Å². The van der Waals surface area contributed by atoms with Crippen molar-refractivity contribution in [1.29, 1.82) is 0 Å². The van der Waals surface area contributed by atoms with E-state index in [-0.39, 0.29) is 6.79 Å². The van der Waals surface area contributed by atoms with Gasteiger partial charge in [0.25, 0.3) is 0 Å². The lowest BCUT2D eigenvalue weighted by atomic mass is 10.0. The average molecular weight is 380 g/mol. The second-order valence-electron chi connectivity index (χ2n) is 5.94. The predicted octanol–water partition coefficient (Wildman–Crippen LogP) is 5.60. The van der Waals surface area contributed by atoms with Gasteiger partial charge in [0, 0.05) is 0 Å². The van der Waals surface area contributed by atoms with Crippen LogP contribution in [0.25, 0.3) is 0 Å². The van der Waals surface area contributed by atoms with E-state index in [1.165, 1.54) is 18.4 Å². The largest absolute Gasteiger partial charge is 0.452 e. The minimum absolute atomic E-state index is 0.229. The van der Waals surface area contributed by atoms with Gasteiger partial charge in [0.15, 0.2) is 11.5 Å². The molecule has 0 amide bonds. The van der Waals surface area contributed by atoms with Crippen molar-refractivity contribution in [2.24, 2.45) is 5.92 Å². The van der Waals surface area contributed by atoms with Crippen LogP contribution in [0.3, 0.4) is 0 Å². The van der Waals surface area contributed by atoms with Crippen LogP contribution in [0.5, 0.6) is 11.5 Å². The third kappa shape index (κ3) is 2.72. The number of rotatable bonds is 3. The summed E-state index contributed by atoms with van der Waals surface area (Å²) in [4.78, 5) is 0. The molecule has 22 heavy (non-hydrogen) atoms. The molecule has 0 atom stereocenters. The van der Waals surface area contributed by atoms with Crippen LogP contribution in [-0.4, -0.2) is 6.79 Å². The SMILES string of the molecule is Clc1c(CC2=CC=C(C3CC3)CC=C2)cc(Br)c2c1OCO2. The molecule has 0 unspecified atom stereocenters. The zero-order chi connectivity index (χ0) is 15.1. The van der Waals surface area contributed by atoms with E-state index in [0.29, 0.717) is 16.5 Å². The lowest BCUT2D eigenvalue weighted by Gasteiger charge is -2.09. The standard InChI is InChI=1S/C18H16BrClO2/c19-15-9-14(16(20)18-17(15)21-10-22-18)8-11-2-1-3-12(5-4-11)13-6-7-13/h1-2,4-5,9,13H,3,6-8,10H2. The molecule has 1 aromatic rings. The fraction of sp³-hybridized carbons (Fsp3) is 0.333. The van der Waals surface area contributed by atoms with Gasteiger partial charge in [0.2, 0.25) is 6.79 Å². The zero-order valence-corrected chi connectivity index (χ0v) is 14.4. The number of fused-ring (bicyclic) bond motifs is 1. The highest BCUT2D eigenvalue weighted by Crippen LogP contribution is 2.46. The van der Waals surface area contributed by atoms with Crippen LogP contribution >= 0.6 is 27.5 Å². The van der Waals surface area contributed by atoms with Crippen LogP contribution in [-0.2, 0) is 6.42 Å². The summed E-state index contributed by atoms with van der Waals surface area (Å²) in [6.45, 7) is 0.229. The number of halogens is 2. The molecule has 1 fully saturated rings. The van der Waals surface area contributed by atoms with Crippen molar-refractivity contribution in [3.8, 4) is 11.5 Å². The maximum absolute atomic E-state index is 6.48. The van der Waals surface area contributed by atoms with E-state index >= 15 is 0 Å². The second-order valence-corrected chi connectivity index (χ2v) is 7.17. The molecule has 0 spiro atoms. The molecule has 114 valence electrons. The smallest absolute Gasteiger partial charge is 0.231 e. The zero-order valence-electron chi connectivity index (χ0n) is 12.1. The van der Waals surface area contributed by atoms with Gasteiger partial charge in [-0.05, 0) is 64.7 Å². The van der Waals surface area contributed by atoms with Crippen LogP contribution in [0.2, 0.25) is 5.02 Å². The molecule has 0 saturated heterocycles. The van der Waals surface area contributed by atoms with Crippen LogP contribution in [0.4, 0.5) is 0 Å². The molecule has 0 bridgehead atoms. The van der Waals surface area contributed by atoms with Crippen molar-refractivity contribution in [3.05, 3.63) is 56.6 Å². The van der Waals surface area contributed by atoms with Gasteiger partial charge in [0.05, 0.1) is 9.50 Å². The summed E-state index contributed by atoms with van der Waals surface area (Å²) in [6.07, 6.45) is 13.6. The van der Waals surface area contributed by atoms with E-state index in [4.69, 9.17) is 21.1 Å². The van der Waals surface area contributed by atoms with Gasteiger partial charge in [-0.25, -0.2) is 0 Å². The van der Waals surface area contributed by atoms with Gasteiger partial charge in [-0.3, -0.25) is 0 Å². The Kier molecular flexibility index (Phi) is 3.79. The van der Waals surface area contributed by atoms with Crippen molar-refractivity contribution < 1.29 is 9.47 Å². The van der Waals surface area contributed by atoms with Gasteiger partial charge in [0.1, 0.15) is 0 Å². The molecule has 1 heterocycles. The highest BCUT2D eigenvalue weighted by atomic mass is 79.9. The van der Waals surface area contributed by atoms with Crippen molar-refractivity contribution in [2.75, 3.05) is 6.79 Å². The van der Waals surface area contributed by atoms with E-state index in [1.54, 1.807) is 5.57 Å². The fourth-order valence-corrected chi connectivity index (χ4v) is 3.79. The minimum atomic E-state index is 0.229. The molecular formula is C18H16BrClO2. The topological polar surface area (TPSA) is 18.5 Å². The number of hydrogen-bond donors (Lipinski definition) is 0.